The van der Waals surface area contributed by atoms with Crippen molar-refractivity contribution in [2.45, 2.75) is 38.8 Å². The van der Waals surface area contributed by atoms with Gasteiger partial charge in [-0.2, -0.15) is 4.98 Å². The van der Waals surface area contributed by atoms with E-state index in [-0.39, 0.29) is 12.1 Å². The molecule has 6 heteroatoms. The number of methoxy groups -OCH3 is 1. The molecule has 0 amide bonds. The topological polar surface area (TPSA) is 82.3 Å². The third kappa shape index (κ3) is 2.64. The van der Waals surface area contributed by atoms with E-state index in [0.29, 0.717) is 23.2 Å². The molecule has 0 aromatic carbocycles. The SMILES string of the molecule is COc1nc(C2CCCO2)nc(NC(C)C)c1N. The molecule has 0 aliphatic carbocycles. The van der Waals surface area contributed by atoms with Gasteiger partial charge in [-0.1, -0.05) is 0 Å². The average Bonchev–Trinajstić information content (AvgIpc) is 2.84. The Bertz CT molecular complexity index is 417. The minimum Gasteiger partial charge on any atom is -0.479 e. The molecule has 1 fully saturated rings. The minimum absolute atomic E-state index is 0.0489. The number of hydrogen-bond donors (Lipinski definition) is 2. The van der Waals surface area contributed by atoms with Crippen LogP contribution in [0.15, 0.2) is 0 Å². The number of nitrogen functional groups attached to an aromatic ring is 1. The van der Waals surface area contributed by atoms with Gasteiger partial charge in [0.15, 0.2) is 11.6 Å². The zero-order valence-corrected chi connectivity index (χ0v) is 11.1. The van der Waals surface area contributed by atoms with Crippen molar-refractivity contribution in [2.75, 3.05) is 24.8 Å². The van der Waals surface area contributed by atoms with Gasteiger partial charge in [-0.05, 0) is 26.7 Å². The van der Waals surface area contributed by atoms with Crippen LogP contribution in [0.1, 0.15) is 38.6 Å². The number of ether oxygens (including phenoxy) is 2. The highest BCUT2D eigenvalue weighted by atomic mass is 16.5. The van der Waals surface area contributed by atoms with Crippen molar-refractivity contribution in [3.63, 3.8) is 0 Å². The third-order valence-electron chi connectivity index (χ3n) is 2.76. The van der Waals surface area contributed by atoms with Gasteiger partial charge in [0, 0.05) is 12.6 Å². The molecule has 1 aliphatic heterocycles. The molecule has 1 atom stereocenters. The smallest absolute Gasteiger partial charge is 0.242 e. The summed E-state index contributed by atoms with van der Waals surface area (Å²) >= 11 is 0. The number of nitrogens with one attached hydrogen (secondary N) is 1. The lowest BCUT2D eigenvalue weighted by molar-refractivity contribution is 0.104. The first kappa shape index (κ1) is 12.9. The summed E-state index contributed by atoms with van der Waals surface area (Å²) in [6, 6.07) is 0.240. The van der Waals surface area contributed by atoms with Gasteiger partial charge in [0.25, 0.3) is 0 Å². The van der Waals surface area contributed by atoms with E-state index in [4.69, 9.17) is 15.2 Å². The van der Waals surface area contributed by atoms with Crippen LogP contribution in [-0.2, 0) is 4.74 Å². The fraction of sp³-hybridized carbons (Fsp3) is 0.667. The lowest BCUT2D eigenvalue weighted by Gasteiger charge is -2.16. The summed E-state index contributed by atoms with van der Waals surface area (Å²) in [6.07, 6.45) is 1.93. The summed E-state index contributed by atoms with van der Waals surface area (Å²) in [5.74, 6) is 1.66. The summed E-state index contributed by atoms with van der Waals surface area (Å²) in [4.78, 5) is 8.77. The second kappa shape index (κ2) is 5.39. The van der Waals surface area contributed by atoms with Crippen LogP contribution in [0.3, 0.4) is 0 Å². The number of nitrogens with zero attached hydrogens (tertiary/aromatic N) is 2. The van der Waals surface area contributed by atoms with Gasteiger partial charge in [0.05, 0.1) is 7.11 Å². The molecule has 2 heterocycles. The highest BCUT2D eigenvalue weighted by Gasteiger charge is 2.23. The summed E-state index contributed by atoms with van der Waals surface area (Å²) in [6.45, 7) is 4.81. The minimum atomic E-state index is -0.0489. The van der Waals surface area contributed by atoms with Crippen molar-refractivity contribution in [1.29, 1.82) is 0 Å². The predicted molar refractivity (Wildman–Crippen MR) is 69.7 cm³/mol. The zero-order valence-electron chi connectivity index (χ0n) is 11.1. The van der Waals surface area contributed by atoms with Gasteiger partial charge >= 0.3 is 0 Å². The van der Waals surface area contributed by atoms with Crippen LogP contribution in [0.2, 0.25) is 0 Å². The Labute approximate surface area is 107 Å². The predicted octanol–water partition coefficient (Wildman–Crippen LogP) is 1.74. The maximum Gasteiger partial charge on any atom is 0.242 e. The maximum absolute atomic E-state index is 5.96. The molecule has 3 N–H and O–H groups in total. The van der Waals surface area contributed by atoms with Gasteiger partial charge in [-0.25, -0.2) is 4.98 Å². The first-order chi connectivity index (χ1) is 8.61. The van der Waals surface area contributed by atoms with E-state index in [0.717, 1.165) is 19.4 Å². The van der Waals surface area contributed by atoms with Crippen molar-refractivity contribution in [2.24, 2.45) is 0 Å². The maximum atomic E-state index is 5.96. The van der Waals surface area contributed by atoms with E-state index in [1.165, 1.54) is 0 Å². The Morgan fingerprint density at radius 2 is 2.22 bits per heavy atom. The van der Waals surface area contributed by atoms with Crippen LogP contribution in [0, 0.1) is 0 Å². The second-order valence-electron chi connectivity index (χ2n) is 4.65. The van der Waals surface area contributed by atoms with E-state index >= 15 is 0 Å². The Hall–Kier alpha value is -1.56. The Kier molecular flexibility index (Phi) is 3.86. The number of hydrogen-bond acceptors (Lipinski definition) is 6. The van der Waals surface area contributed by atoms with Crippen LogP contribution < -0.4 is 15.8 Å². The molecule has 0 bridgehead atoms. The lowest BCUT2D eigenvalue weighted by Crippen LogP contribution is -2.16. The highest BCUT2D eigenvalue weighted by molar-refractivity contribution is 5.67. The Morgan fingerprint density at radius 3 is 2.78 bits per heavy atom. The molecule has 6 nitrogen and oxygen atoms in total. The molecule has 1 unspecified atom stereocenters. The van der Waals surface area contributed by atoms with E-state index < -0.39 is 0 Å². The summed E-state index contributed by atoms with van der Waals surface area (Å²) < 4.78 is 10.8. The molecule has 2 rings (SSSR count). The molecule has 0 spiro atoms. The molecule has 100 valence electrons. The molecule has 1 aromatic rings. The van der Waals surface area contributed by atoms with Crippen molar-refractivity contribution in [3.8, 4) is 5.88 Å². The standard InChI is InChI=1S/C12H20N4O2/c1-7(2)14-11-9(13)12(17-3)16-10(15-11)8-5-4-6-18-8/h7-8H,4-6,13H2,1-3H3,(H,14,15,16). The Balaban J connectivity index is 2.35. The van der Waals surface area contributed by atoms with Gasteiger partial charge in [0.2, 0.25) is 5.88 Å². The average molecular weight is 252 g/mol. The highest BCUT2D eigenvalue weighted by Crippen LogP contribution is 2.32. The van der Waals surface area contributed by atoms with E-state index in [9.17, 15) is 0 Å². The van der Waals surface area contributed by atoms with Crippen molar-refractivity contribution in [3.05, 3.63) is 5.82 Å². The van der Waals surface area contributed by atoms with Crippen molar-refractivity contribution >= 4 is 11.5 Å². The van der Waals surface area contributed by atoms with Crippen LogP contribution >= 0.6 is 0 Å². The quantitative estimate of drug-likeness (QED) is 0.849. The molecular weight excluding hydrogens is 232 g/mol. The lowest BCUT2D eigenvalue weighted by atomic mass is 10.2. The van der Waals surface area contributed by atoms with Gasteiger partial charge in [-0.15, -0.1) is 0 Å². The molecule has 18 heavy (non-hydrogen) atoms. The van der Waals surface area contributed by atoms with E-state index in [2.05, 4.69) is 15.3 Å². The molecule has 1 saturated heterocycles. The molecule has 1 aliphatic rings. The monoisotopic (exact) mass is 252 g/mol. The second-order valence-corrected chi connectivity index (χ2v) is 4.65. The van der Waals surface area contributed by atoms with Gasteiger partial charge in [-0.3, -0.25) is 0 Å². The van der Waals surface area contributed by atoms with Crippen LogP contribution in [0.4, 0.5) is 11.5 Å². The van der Waals surface area contributed by atoms with Crippen molar-refractivity contribution < 1.29 is 9.47 Å². The summed E-state index contributed by atoms with van der Waals surface area (Å²) in [5.41, 5.74) is 6.39. The normalized spacial score (nSPS) is 19.2. The fourth-order valence-corrected chi connectivity index (χ4v) is 1.93. The number of aromatic nitrogens is 2. The first-order valence-electron chi connectivity index (χ1n) is 6.21. The summed E-state index contributed by atoms with van der Waals surface area (Å²) in [7, 11) is 1.55. The fourth-order valence-electron chi connectivity index (χ4n) is 1.93. The molecule has 0 saturated carbocycles. The van der Waals surface area contributed by atoms with Crippen LogP contribution in [0.25, 0.3) is 0 Å². The number of nitrogens with two attached hydrogens (primary N) is 1. The van der Waals surface area contributed by atoms with E-state index in [1.807, 2.05) is 13.8 Å². The first-order valence-corrected chi connectivity index (χ1v) is 6.21. The van der Waals surface area contributed by atoms with Crippen LogP contribution in [-0.4, -0.2) is 29.7 Å². The molecular formula is C12H20N4O2. The number of anilines is 2. The van der Waals surface area contributed by atoms with Gasteiger partial charge in [0.1, 0.15) is 11.8 Å². The van der Waals surface area contributed by atoms with Crippen molar-refractivity contribution in [1.82, 2.24) is 9.97 Å². The largest absolute Gasteiger partial charge is 0.479 e. The molecule has 0 radical (unpaired) electrons. The Morgan fingerprint density at radius 1 is 1.44 bits per heavy atom. The van der Waals surface area contributed by atoms with E-state index in [1.54, 1.807) is 7.11 Å². The zero-order chi connectivity index (χ0) is 13.1. The van der Waals surface area contributed by atoms with Gasteiger partial charge < -0.3 is 20.5 Å². The van der Waals surface area contributed by atoms with Crippen LogP contribution in [0.5, 0.6) is 5.88 Å². The summed E-state index contributed by atoms with van der Waals surface area (Å²) in [5, 5.41) is 3.20. The number of rotatable bonds is 4. The third-order valence-corrected chi connectivity index (χ3v) is 2.76. The molecule has 1 aromatic heterocycles.